The van der Waals surface area contributed by atoms with Crippen LogP contribution < -0.4 is 5.32 Å². The molecule has 7 heteroatoms. The maximum Gasteiger partial charge on any atom is 0.332 e. The van der Waals surface area contributed by atoms with Gasteiger partial charge in [0.1, 0.15) is 27.4 Å². The molecule has 130 valence electrons. The van der Waals surface area contributed by atoms with E-state index in [-0.39, 0.29) is 12.6 Å². The quantitative estimate of drug-likeness (QED) is 0.776. The number of rotatable bonds is 4. The molecule has 23 heavy (non-hydrogen) atoms. The molecule has 0 saturated carbocycles. The Morgan fingerprint density at radius 2 is 2.04 bits per heavy atom. The highest BCUT2D eigenvalue weighted by atomic mass is 79.9. The Bertz CT molecular complexity index is 520. The number of nitrogens with zero attached hydrogens (tertiary/aromatic N) is 1. The van der Waals surface area contributed by atoms with Gasteiger partial charge in [0, 0.05) is 5.38 Å². The van der Waals surface area contributed by atoms with Crippen LogP contribution >= 0.6 is 27.3 Å². The van der Waals surface area contributed by atoms with Gasteiger partial charge in [0.2, 0.25) is 0 Å². The fourth-order valence-electron chi connectivity index (χ4n) is 2.70. The number of aromatic nitrogens is 1. The highest BCUT2D eigenvalue weighted by Crippen LogP contribution is 2.39. The second-order valence-corrected chi connectivity index (χ2v) is 8.47. The highest BCUT2D eigenvalue weighted by Gasteiger charge is 2.37. The third-order valence-electron chi connectivity index (χ3n) is 3.62. The number of carbonyl (C=O) groups is 1. The molecular weight excluding hydrogens is 380 g/mol. The molecule has 0 spiro atoms. The fourth-order valence-corrected chi connectivity index (χ4v) is 4.16. The van der Waals surface area contributed by atoms with Gasteiger partial charge in [-0.3, -0.25) is 0 Å². The maximum absolute atomic E-state index is 12.0. The van der Waals surface area contributed by atoms with E-state index >= 15 is 0 Å². The Labute approximate surface area is 150 Å². The lowest BCUT2D eigenvalue weighted by Gasteiger charge is -2.34. The van der Waals surface area contributed by atoms with Crippen LogP contribution in [0.1, 0.15) is 51.5 Å². The number of nitrogens with one attached hydrogen (secondary N) is 1. The van der Waals surface area contributed by atoms with E-state index in [1.165, 1.54) is 0 Å². The number of hydrogen-bond acceptors (Lipinski definition) is 6. The Hall–Kier alpha value is -0.500. The van der Waals surface area contributed by atoms with Crippen LogP contribution in [0.15, 0.2) is 9.98 Å². The smallest absolute Gasteiger partial charge is 0.332 e. The number of ether oxygens (including phenoxy) is 2. The van der Waals surface area contributed by atoms with Gasteiger partial charge in [-0.2, -0.15) is 0 Å². The molecule has 2 heterocycles. The molecule has 0 atom stereocenters. The van der Waals surface area contributed by atoms with E-state index in [2.05, 4.69) is 26.2 Å². The van der Waals surface area contributed by atoms with E-state index < -0.39 is 11.2 Å². The van der Waals surface area contributed by atoms with E-state index in [4.69, 9.17) is 9.47 Å². The molecule has 1 N–H and O–H groups in total. The van der Waals surface area contributed by atoms with Crippen molar-refractivity contribution in [2.75, 3.05) is 19.7 Å². The van der Waals surface area contributed by atoms with Crippen LogP contribution in [-0.2, 0) is 19.9 Å². The average molecular weight is 405 g/mol. The Morgan fingerprint density at radius 3 is 2.57 bits per heavy atom. The van der Waals surface area contributed by atoms with Crippen LogP contribution in [0.2, 0.25) is 0 Å². The van der Waals surface area contributed by atoms with Crippen molar-refractivity contribution in [3.05, 3.63) is 15.0 Å². The molecular formula is C16H25BrN2O3S. The van der Waals surface area contributed by atoms with Gasteiger partial charge in [-0.25, -0.2) is 9.78 Å². The molecule has 2 rings (SSSR count). The van der Waals surface area contributed by atoms with Gasteiger partial charge in [-0.05, 0) is 75.5 Å². The van der Waals surface area contributed by atoms with Crippen LogP contribution in [0.25, 0.3) is 0 Å². The molecule has 0 aromatic carbocycles. The summed E-state index contributed by atoms with van der Waals surface area (Å²) < 4.78 is 12.3. The van der Waals surface area contributed by atoms with Crippen LogP contribution in [0.3, 0.4) is 0 Å². The minimum Gasteiger partial charge on any atom is -0.458 e. The molecule has 1 saturated heterocycles. The standard InChI is InChI=1S/C16H25BrN2O3S/c1-15(2,3)22-13(20)10-21-16(14-19-12(17)11-23-14)6-4-8-18-9-5-7-16/h11,18H,4-10H2,1-3H3. The summed E-state index contributed by atoms with van der Waals surface area (Å²) in [5.74, 6) is -0.326. The lowest BCUT2D eigenvalue weighted by Crippen LogP contribution is -2.37. The minimum atomic E-state index is -0.497. The van der Waals surface area contributed by atoms with E-state index in [1.54, 1.807) is 11.3 Å². The van der Waals surface area contributed by atoms with Crippen molar-refractivity contribution < 1.29 is 14.3 Å². The molecule has 0 radical (unpaired) electrons. The van der Waals surface area contributed by atoms with E-state index in [0.717, 1.165) is 48.4 Å². The largest absolute Gasteiger partial charge is 0.458 e. The van der Waals surface area contributed by atoms with Gasteiger partial charge < -0.3 is 14.8 Å². The second kappa shape index (κ2) is 8.05. The maximum atomic E-state index is 12.0. The Kier molecular flexibility index (Phi) is 6.59. The van der Waals surface area contributed by atoms with Crippen molar-refractivity contribution in [1.29, 1.82) is 0 Å². The van der Waals surface area contributed by atoms with Crippen molar-refractivity contribution >= 4 is 33.2 Å². The predicted octanol–water partition coefficient (Wildman–Crippen LogP) is 3.62. The third kappa shape index (κ3) is 5.81. The summed E-state index contributed by atoms with van der Waals surface area (Å²) in [6.45, 7) is 7.47. The van der Waals surface area contributed by atoms with E-state index in [9.17, 15) is 4.79 Å². The molecule has 1 aliphatic heterocycles. The molecule has 0 unspecified atom stereocenters. The predicted molar refractivity (Wildman–Crippen MR) is 94.6 cm³/mol. The Balaban J connectivity index is 2.11. The molecule has 0 aliphatic carbocycles. The van der Waals surface area contributed by atoms with Gasteiger partial charge in [0.25, 0.3) is 0 Å². The zero-order chi connectivity index (χ0) is 16.9. The second-order valence-electron chi connectivity index (χ2n) is 6.80. The van der Waals surface area contributed by atoms with Gasteiger partial charge in [0.15, 0.2) is 0 Å². The normalized spacial score (nSPS) is 19.0. The summed E-state index contributed by atoms with van der Waals surface area (Å²) in [6, 6.07) is 0. The minimum absolute atomic E-state index is 0.0398. The number of thiazole rings is 1. The first-order valence-electron chi connectivity index (χ1n) is 7.99. The zero-order valence-electron chi connectivity index (χ0n) is 14.0. The zero-order valence-corrected chi connectivity index (χ0v) is 16.4. The van der Waals surface area contributed by atoms with Crippen molar-refractivity contribution in [3.63, 3.8) is 0 Å². The molecule has 5 nitrogen and oxygen atoms in total. The number of hydrogen-bond donors (Lipinski definition) is 1. The molecule has 0 amide bonds. The number of esters is 1. The summed E-state index contributed by atoms with van der Waals surface area (Å²) >= 11 is 5.00. The highest BCUT2D eigenvalue weighted by molar-refractivity contribution is 9.10. The summed E-state index contributed by atoms with van der Waals surface area (Å²) in [6.07, 6.45) is 3.68. The van der Waals surface area contributed by atoms with Crippen molar-refractivity contribution in [3.8, 4) is 0 Å². The van der Waals surface area contributed by atoms with Gasteiger partial charge in [0.05, 0.1) is 0 Å². The first kappa shape index (κ1) is 18.8. The van der Waals surface area contributed by atoms with E-state index in [1.807, 2.05) is 26.2 Å². The van der Waals surface area contributed by atoms with Crippen LogP contribution in [0.5, 0.6) is 0 Å². The van der Waals surface area contributed by atoms with Crippen molar-refractivity contribution in [1.82, 2.24) is 10.3 Å². The monoisotopic (exact) mass is 404 g/mol. The fraction of sp³-hybridized carbons (Fsp3) is 0.750. The summed E-state index contributed by atoms with van der Waals surface area (Å²) in [5.41, 5.74) is -0.988. The Morgan fingerprint density at radius 1 is 1.39 bits per heavy atom. The molecule has 0 bridgehead atoms. The average Bonchev–Trinajstić information content (AvgIpc) is 2.83. The van der Waals surface area contributed by atoms with Crippen molar-refractivity contribution in [2.45, 2.75) is 57.7 Å². The van der Waals surface area contributed by atoms with Crippen LogP contribution in [-0.4, -0.2) is 36.3 Å². The SMILES string of the molecule is CC(C)(C)OC(=O)COC1(c2nc(Br)cs2)CCCNCCC1. The summed E-state index contributed by atoms with van der Waals surface area (Å²) in [4.78, 5) is 16.6. The number of carbonyl (C=O) groups excluding carboxylic acids is 1. The summed E-state index contributed by atoms with van der Waals surface area (Å²) in [5, 5.41) is 6.31. The first-order valence-corrected chi connectivity index (χ1v) is 9.66. The molecule has 1 aliphatic rings. The van der Waals surface area contributed by atoms with E-state index in [0.29, 0.717) is 0 Å². The topological polar surface area (TPSA) is 60.5 Å². The molecule has 1 aromatic rings. The lowest BCUT2D eigenvalue weighted by atomic mass is 9.91. The van der Waals surface area contributed by atoms with Gasteiger partial charge in [-0.1, -0.05) is 0 Å². The molecule has 1 aromatic heterocycles. The van der Waals surface area contributed by atoms with Crippen LogP contribution in [0.4, 0.5) is 0 Å². The van der Waals surface area contributed by atoms with Crippen LogP contribution in [0, 0.1) is 0 Å². The van der Waals surface area contributed by atoms with Gasteiger partial charge >= 0.3 is 5.97 Å². The molecule has 1 fully saturated rings. The summed E-state index contributed by atoms with van der Waals surface area (Å²) in [7, 11) is 0. The first-order chi connectivity index (χ1) is 10.8. The lowest BCUT2D eigenvalue weighted by molar-refractivity contribution is -0.169. The number of halogens is 1. The van der Waals surface area contributed by atoms with Gasteiger partial charge in [-0.15, -0.1) is 11.3 Å². The van der Waals surface area contributed by atoms with Crippen molar-refractivity contribution in [2.24, 2.45) is 0 Å². The third-order valence-corrected chi connectivity index (χ3v) is 5.36.